The van der Waals surface area contributed by atoms with E-state index in [2.05, 4.69) is 11.4 Å². The molecule has 2 heteroatoms. The quantitative estimate of drug-likeness (QED) is 0.635. The summed E-state index contributed by atoms with van der Waals surface area (Å²) in [6.45, 7) is 0. The maximum absolute atomic E-state index is 10.9. The minimum atomic E-state index is 0.103. The molecule has 1 aliphatic rings. The van der Waals surface area contributed by atoms with Gasteiger partial charge < -0.3 is 5.32 Å². The van der Waals surface area contributed by atoms with E-state index in [1.165, 1.54) is 5.57 Å². The molecular formula is C9H13NO. The monoisotopic (exact) mass is 151 g/mol. The summed E-state index contributed by atoms with van der Waals surface area (Å²) < 4.78 is 0. The molecule has 1 amide bonds. The molecule has 60 valence electrons. The molecule has 2 nitrogen and oxygen atoms in total. The van der Waals surface area contributed by atoms with Crippen LogP contribution in [0.5, 0.6) is 0 Å². The van der Waals surface area contributed by atoms with Gasteiger partial charge in [0.2, 0.25) is 5.91 Å². The van der Waals surface area contributed by atoms with Gasteiger partial charge in [0, 0.05) is 13.5 Å². The number of rotatable bonds is 2. The van der Waals surface area contributed by atoms with Crippen molar-refractivity contribution in [1.29, 1.82) is 0 Å². The van der Waals surface area contributed by atoms with Crippen molar-refractivity contribution in [3.05, 3.63) is 23.8 Å². The van der Waals surface area contributed by atoms with Gasteiger partial charge in [-0.25, -0.2) is 0 Å². The van der Waals surface area contributed by atoms with Crippen LogP contribution in [0.3, 0.4) is 0 Å². The van der Waals surface area contributed by atoms with Crippen LogP contribution in [0.15, 0.2) is 23.8 Å². The van der Waals surface area contributed by atoms with E-state index in [9.17, 15) is 4.79 Å². The maximum Gasteiger partial charge on any atom is 0.223 e. The minimum absolute atomic E-state index is 0.103. The fourth-order valence-corrected chi connectivity index (χ4v) is 1.09. The van der Waals surface area contributed by atoms with Crippen LogP contribution in [0.25, 0.3) is 0 Å². The van der Waals surface area contributed by atoms with Crippen molar-refractivity contribution >= 4 is 5.91 Å². The highest BCUT2D eigenvalue weighted by molar-refractivity contribution is 5.78. The van der Waals surface area contributed by atoms with Gasteiger partial charge in [0.05, 0.1) is 0 Å². The molecule has 0 aromatic rings. The van der Waals surface area contributed by atoms with Crippen molar-refractivity contribution in [2.24, 2.45) is 0 Å². The second kappa shape index (κ2) is 3.96. The Bertz CT molecular complexity index is 204. The summed E-state index contributed by atoms with van der Waals surface area (Å²) in [5.41, 5.74) is 1.23. The van der Waals surface area contributed by atoms with Crippen LogP contribution in [0, 0.1) is 0 Å². The summed E-state index contributed by atoms with van der Waals surface area (Å²) in [5.74, 6) is 0.103. The summed E-state index contributed by atoms with van der Waals surface area (Å²) in [7, 11) is 1.67. The number of allylic oxidation sites excluding steroid dienone is 3. The second-order valence-electron chi connectivity index (χ2n) is 2.64. The summed E-state index contributed by atoms with van der Waals surface area (Å²) in [4.78, 5) is 10.9. The Balaban J connectivity index is 2.42. The molecule has 1 rings (SSSR count). The fourth-order valence-electron chi connectivity index (χ4n) is 1.09. The molecule has 1 aliphatic carbocycles. The van der Waals surface area contributed by atoms with Gasteiger partial charge in [0.1, 0.15) is 0 Å². The first-order valence-electron chi connectivity index (χ1n) is 3.88. The standard InChI is InChI=1S/C9H13NO/c1-10-9(11)7-8-5-3-2-4-6-8/h2-3,5H,4,6-7H2,1H3,(H,10,11). The fraction of sp³-hybridized carbons (Fsp3) is 0.444. The Morgan fingerprint density at radius 3 is 3.09 bits per heavy atom. The van der Waals surface area contributed by atoms with Crippen molar-refractivity contribution in [3.8, 4) is 0 Å². The van der Waals surface area contributed by atoms with Gasteiger partial charge in [-0.15, -0.1) is 0 Å². The van der Waals surface area contributed by atoms with Crippen LogP contribution >= 0.6 is 0 Å². The zero-order valence-electron chi connectivity index (χ0n) is 6.76. The third-order valence-corrected chi connectivity index (χ3v) is 1.77. The maximum atomic E-state index is 10.9. The summed E-state index contributed by atoms with van der Waals surface area (Å²) in [5, 5.41) is 2.61. The van der Waals surface area contributed by atoms with E-state index in [0.717, 1.165) is 12.8 Å². The molecule has 0 aromatic heterocycles. The summed E-state index contributed by atoms with van der Waals surface area (Å²) in [6, 6.07) is 0. The third-order valence-electron chi connectivity index (χ3n) is 1.77. The van der Waals surface area contributed by atoms with Gasteiger partial charge >= 0.3 is 0 Å². The Morgan fingerprint density at radius 2 is 2.55 bits per heavy atom. The average molecular weight is 151 g/mol. The Morgan fingerprint density at radius 1 is 1.73 bits per heavy atom. The minimum Gasteiger partial charge on any atom is -0.359 e. The molecule has 0 saturated heterocycles. The zero-order chi connectivity index (χ0) is 8.10. The first-order valence-corrected chi connectivity index (χ1v) is 3.88. The number of carbonyl (C=O) groups excluding carboxylic acids is 1. The van der Waals surface area contributed by atoms with Crippen molar-refractivity contribution in [2.75, 3.05) is 7.05 Å². The van der Waals surface area contributed by atoms with Crippen LogP contribution in [-0.2, 0) is 4.79 Å². The summed E-state index contributed by atoms with van der Waals surface area (Å²) >= 11 is 0. The van der Waals surface area contributed by atoms with E-state index in [-0.39, 0.29) is 5.91 Å². The first kappa shape index (κ1) is 8.05. The van der Waals surface area contributed by atoms with Gasteiger partial charge in [-0.2, -0.15) is 0 Å². The van der Waals surface area contributed by atoms with Gasteiger partial charge in [-0.3, -0.25) is 4.79 Å². The molecular weight excluding hydrogens is 138 g/mol. The van der Waals surface area contributed by atoms with Crippen LogP contribution in [-0.4, -0.2) is 13.0 Å². The number of nitrogens with one attached hydrogen (secondary N) is 1. The van der Waals surface area contributed by atoms with Crippen molar-refractivity contribution in [1.82, 2.24) is 5.32 Å². The molecule has 0 saturated carbocycles. The van der Waals surface area contributed by atoms with Crippen LogP contribution < -0.4 is 5.32 Å². The SMILES string of the molecule is CNC(=O)CC1=CC=CCC1. The van der Waals surface area contributed by atoms with E-state index in [1.807, 2.05) is 12.2 Å². The molecule has 0 heterocycles. The van der Waals surface area contributed by atoms with E-state index >= 15 is 0 Å². The van der Waals surface area contributed by atoms with Crippen molar-refractivity contribution in [2.45, 2.75) is 19.3 Å². The molecule has 0 radical (unpaired) electrons. The topological polar surface area (TPSA) is 29.1 Å². The van der Waals surface area contributed by atoms with Gasteiger partial charge in [-0.05, 0) is 12.8 Å². The molecule has 0 aliphatic heterocycles. The Labute approximate surface area is 67.0 Å². The zero-order valence-corrected chi connectivity index (χ0v) is 6.76. The predicted molar refractivity (Wildman–Crippen MR) is 45.1 cm³/mol. The third kappa shape index (κ3) is 2.58. The van der Waals surface area contributed by atoms with Crippen molar-refractivity contribution in [3.63, 3.8) is 0 Å². The van der Waals surface area contributed by atoms with E-state index < -0.39 is 0 Å². The average Bonchev–Trinajstić information content (AvgIpc) is 2.06. The van der Waals surface area contributed by atoms with Crippen LogP contribution in [0.1, 0.15) is 19.3 Å². The van der Waals surface area contributed by atoms with E-state index in [4.69, 9.17) is 0 Å². The Hall–Kier alpha value is -1.05. The lowest BCUT2D eigenvalue weighted by Crippen LogP contribution is -2.18. The molecule has 0 aromatic carbocycles. The highest BCUT2D eigenvalue weighted by atomic mass is 16.1. The molecule has 0 fully saturated rings. The molecule has 1 N–H and O–H groups in total. The summed E-state index contributed by atoms with van der Waals surface area (Å²) in [6.07, 6.45) is 8.82. The molecule has 0 bridgehead atoms. The van der Waals surface area contributed by atoms with Gasteiger partial charge in [0.15, 0.2) is 0 Å². The highest BCUT2D eigenvalue weighted by Crippen LogP contribution is 2.14. The molecule has 0 unspecified atom stereocenters. The predicted octanol–water partition coefficient (Wildman–Crippen LogP) is 1.40. The highest BCUT2D eigenvalue weighted by Gasteiger charge is 2.03. The lowest BCUT2D eigenvalue weighted by Gasteiger charge is -2.06. The van der Waals surface area contributed by atoms with Gasteiger partial charge in [-0.1, -0.05) is 23.8 Å². The van der Waals surface area contributed by atoms with Gasteiger partial charge in [0.25, 0.3) is 0 Å². The van der Waals surface area contributed by atoms with E-state index in [1.54, 1.807) is 7.05 Å². The smallest absolute Gasteiger partial charge is 0.223 e. The largest absolute Gasteiger partial charge is 0.359 e. The van der Waals surface area contributed by atoms with Crippen LogP contribution in [0.2, 0.25) is 0 Å². The number of hydrogen-bond acceptors (Lipinski definition) is 1. The normalized spacial score (nSPS) is 15.9. The lowest BCUT2D eigenvalue weighted by molar-refractivity contribution is -0.119. The first-order chi connectivity index (χ1) is 5.33. The molecule has 0 spiro atoms. The van der Waals surface area contributed by atoms with Crippen LogP contribution in [0.4, 0.5) is 0 Å². The molecule has 0 atom stereocenters. The molecule has 11 heavy (non-hydrogen) atoms. The number of amides is 1. The van der Waals surface area contributed by atoms with E-state index in [0.29, 0.717) is 6.42 Å². The lowest BCUT2D eigenvalue weighted by atomic mass is 10.0. The second-order valence-corrected chi connectivity index (χ2v) is 2.64. The number of hydrogen-bond donors (Lipinski definition) is 1. The number of carbonyl (C=O) groups is 1. The van der Waals surface area contributed by atoms with Crippen molar-refractivity contribution < 1.29 is 4.79 Å². The Kier molecular flexibility index (Phi) is 2.90.